The molecule has 150 valence electrons. The molecule has 1 aliphatic rings. The number of carbonyl (C=O) groups is 2. The van der Waals surface area contributed by atoms with Crippen LogP contribution in [-0.4, -0.2) is 34.8 Å². The average molecular weight is 411 g/mol. The van der Waals surface area contributed by atoms with Crippen molar-refractivity contribution in [2.75, 3.05) is 13.1 Å². The number of nitrogens with zero attached hydrogens (tertiary/aromatic N) is 2. The number of carbonyl (C=O) groups excluding carboxylic acids is 2. The Labute approximate surface area is 164 Å². The molecule has 1 atom stereocenters. The molecule has 2 amide bonds. The van der Waals surface area contributed by atoms with Gasteiger partial charge in [0.25, 0.3) is 0 Å². The molecule has 9 heteroatoms. The van der Waals surface area contributed by atoms with Crippen molar-refractivity contribution < 1.29 is 22.8 Å². The van der Waals surface area contributed by atoms with Gasteiger partial charge >= 0.3 is 6.18 Å². The van der Waals surface area contributed by atoms with Crippen LogP contribution >= 0.6 is 11.3 Å². The van der Waals surface area contributed by atoms with Gasteiger partial charge in [-0.1, -0.05) is 12.1 Å². The maximum Gasteiger partial charge on any atom is 0.416 e. The molecule has 1 N–H and O–H groups in total. The first kappa shape index (κ1) is 20.3. The number of thiazole rings is 1. The fourth-order valence-corrected chi connectivity index (χ4v) is 3.76. The van der Waals surface area contributed by atoms with Crippen molar-refractivity contribution >= 4 is 23.2 Å². The molecule has 0 radical (unpaired) electrons. The number of rotatable bonds is 6. The lowest BCUT2D eigenvalue weighted by Crippen LogP contribution is -2.45. The van der Waals surface area contributed by atoms with Gasteiger partial charge in [-0.3, -0.25) is 9.59 Å². The number of amides is 2. The highest BCUT2D eigenvalue weighted by Gasteiger charge is 2.32. The molecule has 1 fully saturated rings. The van der Waals surface area contributed by atoms with E-state index < -0.39 is 11.7 Å². The molecule has 2 heterocycles. The first-order valence-corrected chi connectivity index (χ1v) is 9.86. The van der Waals surface area contributed by atoms with Crippen LogP contribution in [0.2, 0.25) is 0 Å². The van der Waals surface area contributed by atoms with E-state index in [1.807, 2.05) is 5.38 Å². The van der Waals surface area contributed by atoms with Crippen LogP contribution in [0.1, 0.15) is 29.7 Å². The van der Waals surface area contributed by atoms with E-state index in [1.54, 1.807) is 11.6 Å². The zero-order valence-electron chi connectivity index (χ0n) is 15.0. The predicted octanol–water partition coefficient (Wildman–Crippen LogP) is 3.26. The zero-order chi connectivity index (χ0) is 20.1. The van der Waals surface area contributed by atoms with E-state index in [9.17, 15) is 22.8 Å². The van der Waals surface area contributed by atoms with Crippen molar-refractivity contribution in [3.8, 4) is 0 Å². The highest BCUT2D eigenvalue weighted by atomic mass is 32.1. The van der Waals surface area contributed by atoms with E-state index in [0.717, 1.165) is 17.8 Å². The highest BCUT2D eigenvalue weighted by Crippen LogP contribution is 2.30. The van der Waals surface area contributed by atoms with Crippen molar-refractivity contribution in [2.24, 2.45) is 5.92 Å². The van der Waals surface area contributed by atoms with Gasteiger partial charge in [-0.25, -0.2) is 4.98 Å². The van der Waals surface area contributed by atoms with Crippen molar-refractivity contribution in [2.45, 2.75) is 32.0 Å². The minimum atomic E-state index is -4.43. The van der Waals surface area contributed by atoms with E-state index in [-0.39, 0.29) is 37.2 Å². The SMILES string of the molecule is O=C(NCCc1cscn1)[C@@H]1CCC(=O)N(Cc2cccc(C(F)(F)F)c2)C1. The fourth-order valence-electron chi connectivity index (χ4n) is 3.17. The molecule has 1 aromatic heterocycles. The van der Waals surface area contributed by atoms with Gasteiger partial charge in [-0.05, 0) is 24.1 Å². The van der Waals surface area contributed by atoms with Crippen LogP contribution in [0.5, 0.6) is 0 Å². The quantitative estimate of drug-likeness (QED) is 0.794. The Morgan fingerprint density at radius 1 is 1.36 bits per heavy atom. The molecule has 0 aliphatic carbocycles. The molecule has 2 aromatic rings. The number of alkyl halides is 3. The van der Waals surface area contributed by atoms with Gasteiger partial charge in [0, 0.05) is 37.9 Å². The van der Waals surface area contributed by atoms with E-state index in [1.165, 1.54) is 22.3 Å². The zero-order valence-corrected chi connectivity index (χ0v) is 15.9. The number of hydrogen-bond acceptors (Lipinski definition) is 4. The summed E-state index contributed by atoms with van der Waals surface area (Å²) in [5, 5.41) is 4.78. The molecular formula is C19H20F3N3O2S. The number of likely N-dealkylation sites (tertiary alicyclic amines) is 1. The van der Waals surface area contributed by atoms with Gasteiger partial charge in [-0.2, -0.15) is 13.2 Å². The summed E-state index contributed by atoms with van der Waals surface area (Å²) in [5.41, 5.74) is 2.30. The summed E-state index contributed by atoms with van der Waals surface area (Å²) < 4.78 is 38.6. The van der Waals surface area contributed by atoms with Crippen molar-refractivity contribution in [1.82, 2.24) is 15.2 Å². The van der Waals surface area contributed by atoms with Crippen LogP contribution in [0.15, 0.2) is 35.2 Å². The molecule has 3 rings (SSSR count). The third-order valence-corrected chi connectivity index (χ3v) is 5.30. The van der Waals surface area contributed by atoms with Crippen LogP contribution in [-0.2, 0) is 28.7 Å². The molecule has 0 saturated carbocycles. The van der Waals surface area contributed by atoms with Crippen LogP contribution in [0.4, 0.5) is 13.2 Å². The highest BCUT2D eigenvalue weighted by molar-refractivity contribution is 7.07. The molecule has 1 aromatic carbocycles. The lowest BCUT2D eigenvalue weighted by Gasteiger charge is -2.32. The monoisotopic (exact) mass is 411 g/mol. The second-order valence-electron chi connectivity index (χ2n) is 6.73. The van der Waals surface area contributed by atoms with E-state index in [0.29, 0.717) is 24.9 Å². The molecule has 1 aliphatic heterocycles. The van der Waals surface area contributed by atoms with Crippen LogP contribution in [0.3, 0.4) is 0 Å². The van der Waals surface area contributed by atoms with E-state index in [2.05, 4.69) is 10.3 Å². The summed E-state index contributed by atoms with van der Waals surface area (Å²) in [6, 6.07) is 4.93. The fraction of sp³-hybridized carbons (Fsp3) is 0.421. The summed E-state index contributed by atoms with van der Waals surface area (Å²) in [6.45, 7) is 0.726. The summed E-state index contributed by atoms with van der Waals surface area (Å²) in [7, 11) is 0. The standard InChI is InChI=1S/C19H20F3N3O2S/c20-19(21,22)15-3-1-2-13(8-15)9-25-10-14(4-5-17(25)26)18(27)23-7-6-16-11-28-12-24-16/h1-3,8,11-12,14H,4-7,9-10H2,(H,23,27)/t14-/m1/s1. The topological polar surface area (TPSA) is 62.3 Å². The number of piperidine rings is 1. The largest absolute Gasteiger partial charge is 0.416 e. The summed E-state index contributed by atoms with van der Waals surface area (Å²) in [4.78, 5) is 30.2. The summed E-state index contributed by atoms with van der Waals surface area (Å²) in [6.07, 6.45) is -3.14. The molecule has 28 heavy (non-hydrogen) atoms. The van der Waals surface area contributed by atoms with Crippen molar-refractivity contribution in [1.29, 1.82) is 0 Å². The minimum Gasteiger partial charge on any atom is -0.355 e. The smallest absolute Gasteiger partial charge is 0.355 e. The van der Waals surface area contributed by atoms with Gasteiger partial charge in [0.05, 0.1) is 22.7 Å². The van der Waals surface area contributed by atoms with Crippen LogP contribution in [0.25, 0.3) is 0 Å². The number of aromatic nitrogens is 1. The van der Waals surface area contributed by atoms with E-state index >= 15 is 0 Å². The summed E-state index contributed by atoms with van der Waals surface area (Å²) in [5.74, 6) is -0.653. The lowest BCUT2D eigenvalue weighted by molar-refractivity contribution is -0.139. The molecule has 0 bridgehead atoms. The maximum absolute atomic E-state index is 12.9. The predicted molar refractivity (Wildman–Crippen MR) is 98.4 cm³/mol. The van der Waals surface area contributed by atoms with E-state index in [4.69, 9.17) is 0 Å². The van der Waals surface area contributed by atoms with Gasteiger partial charge < -0.3 is 10.2 Å². The molecule has 1 saturated heterocycles. The second kappa shape index (κ2) is 8.72. The lowest BCUT2D eigenvalue weighted by atomic mass is 9.96. The van der Waals surface area contributed by atoms with Crippen LogP contribution < -0.4 is 5.32 Å². The molecular weight excluding hydrogens is 391 g/mol. The van der Waals surface area contributed by atoms with Crippen LogP contribution in [0, 0.1) is 5.92 Å². The van der Waals surface area contributed by atoms with Crippen molar-refractivity contribution in [3.63, 3.8) is 0 Å². The second-order valence-corrected chi connectivity index (χ2v) is 7.45. The number of nitrogens with one attached hydrogen (secondary N) is 1. The normalized spacial score (nSPS) is 17.6. The summed E-state index contributed by atoms with van der Waals surface area (Å²) >= 11 is 1.49. The average Bonchev–Trinajstić information content (AvgIpc) is 3.16. The van der Waals surface area contributed by atoms with Gasteiger partial charge in [-0.15, -0.1) is 11.3 Å². The van der Waals surface area contributed by atoms with Gasteiger partial charge in [0.2, 0.25) is 11.8 Å². The van der Waals surface area contributed by atoms with Crippen molar-refractivity contribution in [3.05, 3.63) is 52.0 Å². The Bertz CT molecular complexity index is 824. The third kappa shape index (κ3) is 5.31. The molecule has 0 spiro atoms. The Hall–Kier alpha value is -2.42. The number of halogens is 3. The minimum absolute atomic E-state index is 0.0609. The Kier molecular flexibility index (Phi) is 6.33. The number of benzene rings is 1. The Morgan fingerprint density at radius 2 is 2.18 bits per heavy atom. The third-order valence-electron chi connectivity index (χ3n) is 4.66. The maximum atomic E-state index is 12.9. The molecule has 0 unspecified atom stereocenters. The molecule has 5 nitrogen and oxygen atoms in total. The van der Waals surface area contributed by atoms with Gasteiger partial charge in [0.1, 0.15) is 0 Å². The first-order valence-electron chi connectivity index (χ1n) is 8.91. The Balaban J connectivity index is 1.56. The first-order chi connectivity index (χ1) is 13.3. The Morgan fingerprint density at radius 3 is 2.89 bits per heavy atom. The number of hydrogen-bond donors (Lipinski definition) is 1. The van der Waals surface area contributed by atoms with Gasteiger partial charge in [0.15, 0.2) is 0 Å².